The molecule has 0 bridgehead atoms. The highest BCUT2D eigenvalue weighted by Gasteiger charge is 2.32. The molecule has 0 radical (unpaired) electrons. The number of ether oxygens (including phenoxy) is 1. The molecule has 0 fully saturated rings. The molecule has 0 heterocycles. The fraction of sp³-hybridized carbons (Fsp3) is 0.929. The number of nitrogens with zero attached hydrogens (tertiary/aromatic N) is 1. The molecule has 7 heteroatoms. The smallest absolute Gasteiger partial charge is 0.325 e. The summed E-state index contributed by atoms with van der Waals surface area (Å²) < 4.78 is 27.0. The highest BCUT2D eigenvalue weighted by Crippen LogP contribution is 2.16. The van der Waals surface area contributed by atoms with Crippen molar-refractivity contribution in [3.63, 3.8) is 0 Å². The van der Waals surface area contributed by atoms with E-state index in [9.17, 15) is 13.2 Å². The lowest BCUT2D eigenvalue weighted by molar-refractivity contribution is -0.148. The molecule has 1 N–H and O–H groups in total. The summed E-state index contributed by atoms with van der Waals surface area (Å²) in [7, 11) is 0.404. The largest absolute Gasteiger partial charge is 0.468 e. The summed E-state index contributed by atoms with van der Waals surface area (Å²) in [5.74, 6) is -0.0596. The third-order valence-electron chi connectivity index (χ3n) is 3.51. The molecule has 0 amide bonds. The summed E-state index contributed by atoms with van der Waals surface area (Å²) in [4.78, 5) is 13.8. The maximum Gasteiger partial charge on any atom is 0.325 e. The average molecular weight is 322 g/mol. The third kappa shape index (κ3) is 9.06. The topological polar surface area (TPSA) is 75.7 Å². The van der Waals surface area contributed by atoms with E-state index in [1.807, 2.05) is 25.8 Å². The first-order valence-corrected chi connectivity index (χ1v) is 9.40. The van der Waals surface area contributed by atoms with Crippen LogP contribution in [0.5, 0.6) is 0 Å². The van der Waals surface area contributed by atoms with E-state index >= 15 is 0 Å². The van der Waals surface area contributed by atoms with E-state index in [-0.39, 0.29) is 11.7 Å². The summed E-state index contributed by atoms with van der Waals surface area (Å²) in [6.07, 6.45) is 3.74. The average Bonchev–Trinajstić information content (AvgIpc) is 2.40. The molecule has 0 aromatic heterocycles. The van der Waals surface area contributed by atoms with Crippen molar-refractivity contribution in [1.82, 2.24) is 10.2 Å². The van der Waals surface area contributed by atoms with Crippen molar-refractivity contribution in [3.8, 4) is 0 Å². The van der Waals surface area contributed by atoms with Gasteiger partial charge in [0.1, 0.15) is 15.4 Å². The van der Waals surface area contributed by atoms with Crippen molar-refractivity contribution < 1.29 is 17.9 Å². The Morgan fingerprint density at radius 1 is 1.29 bits per heavy atom. The molecule has 0 aliphatic carbocycles. The number of methoxy groups -OCH3 is 1. The predicted molar refractivity (Wildman–Crippen MR) is 85.2 cm³/mol. The van der Waals surface area contributed by atoms with Crippen molar-refractivity contribution in [2.75, 3.05) is 45.8 Å². The van der Waals surface area contributed by atoms with E-state index in [4.69, 9.17) is 4.74 Å². The molecule has 1 atom stereocenters. The molecular formula is C14H30N2O4S. The van der Waals surface area contributed by atoms with Gasteiger partial charge in [0.05, 0.1) is 12.9 Å². The van der Waals surface area contributed by atoms with E-state index in [1.54, 1.807) is 0 Å². The van der Waals surface area contributed by atoms with Gasteiger partial charge in [-0.25, -0.2) is 8.42 Å². The van der Waals surface area contributed by atoms with Crippen LogP contribution in [-0.4, -0.2) is 70.6 Å². The van der Waals surface area contributed by atoms with Crippen LogP contribution < -0.4 is 5.32 Å². The Labute approximate surface area is 129 Å². The lowest BCUT2D eigenvalue weighted by Gasteiger charge is -2.27. The lowest BCUT2D eigenvalue weighted by Crippen LogP contribution is -2.50. The Hall–Kier alpha value is -0.660. The van der Waals surface area contributed by atoms with Gasteiger partial charge in [-0.2, -0.15) is 0 Å². The van der Waals surface area contributed by atoms with Crippen LogP contribution >= 0.6 is 0 Å². The molecule has 1 unspecified atom stereocenters. The molecule has 0 saturated heterocycles. The molecule has 21 heavy (non-hydrogen) atoms. The zero-order chi connectivity index (χ0) is 16.5. The molecule has 0 rings (SSSR count). The van der Waals surface area contributed by atoms with Crippen molar-refractivity contribution >= 4 is 15.8 Å². The van der Waals surface area contributed by atoms with Crippen LogP contribution in [0.1, 0.15) is 33.1 Å². The molecule has 0 saturated carbocycles. The van der Waals surface area contributed by atoms with Crippen LogP contribution in [-0.2, 0) is 19.4 Å². The zero-order valence-corrected chi connectivity index (χ0v) is 14.8. The van der Waals surface area contributed by atoms with Crippen molar-refractivity contribution in [1.29, 1.82) is 0 Å². The Bertz CT molecular complexity index is 411. The van der Waals surface area contributed by atoms with Gasteiger partial charge in [-0.1, -0.05) is 6.92 Å². The second-order valence-corrected chi connectivity index (χ2v) is 8.00. The number of nitrogens with one attached hydrogen (secondary N) is 1. The summed E-state index contributed by atoms with van der Waals surface area (Å²) in [6, 6.07) is 0. The minimum Gasteiger partial charge on any atom is -0.468 e. The van der Waals surface area contributed by atoms with Gasteiger partial charge in [-0.3, -0.25) is 4.79 Å². The first kappa shape index (κ1) is 20.3. The number of carbonyl (C=O) groups is 1. The Kier molecular flexibility index (Phi) is 9.08. The van der Waals surface area contributed by atoms with Gasteiger partial charge in [0, 0.05) is 12.8 Å². The number of likely N-dealkylation sites (N-methyl/N-ethyl adjacent to an activating group) is 1. The molecular weight excluding hydrogens is 292 g/mol. The molecule has 0 aromatic rings. The van der Waals surface area contributed by atoms with E-state index < -0.39 is 15.4 Å². The zero-order valence-electron chi connectivity index (χ0n) is 13.9. The standard InChI is InChI=1S/C14H30N2O4S/c1-6-15-14(2,13(17)20-4)9-7-8-10-16(3)11-12-21(5,18)19/h15H,6-12H2,1-5H3. The Morgan fingerprint density at radius 3 is 2.38 bits per heavy atom. The Morgan fingerprint density at radius 2 is 1.90 bits per heavy atom. The summed E-state index contributed by atoms with van der Waals surface area (Å²) in [5.41, 5.74) is -0.644. The highest BCUT2D eigenvalue weighted by molar-refractivity contribution is 7.90. The summed E-state index contributed by atoms with van der Waals surface area (Å²) in [5, 5.41) is 3.18. The van der Waals surface area contributed by atoms with Crippen LogP contribution in [0.2, 0.25) is 0 Å². The SMILES string of the molecule is CCNC(C)(CCCCN(C)CCS(C)(=O)=O)C(=O)OC. The number of sulfone groups is 1. The number of hydrogen-bond donors (Lipinski definition) is 1. The minimum atomic E-state index is -2.91. The fourth-order valence-corrected chi connectivity index (χ4v) is 2.82. The number of rotatable bonds is 11. The van der Waals surface area contributed by atoms with Gasteiger partial charge in [0.25, 0.3) is 0 Å². The first-order chi connectivity index (χ1) is 9.64. The van der Waals surface area contributed by atoms with E-state index in [1.165, 1.54) is 13.4 Å². The fourth-order valence-electron chi connectivity index (χ4n) is 2.17. The van der Waals surface area contributed by atoms with Gasteiger partial charge in [0.15, 0.2) is 0 Å². The molecule has 0 aromatic carbocycles. The number of hydrogen-bond acceptors (Lipinski definition) is 6. The van der Waals surface area contributed by atoms with Crippen molar-refractivity contribution in [2.24, 2.45) is 0 Å². The monoisotopic (exact) mass is 322 g/mol. The van der Waals surface area contributed by atoms with Crippen LogP contribution in [0.3, 0.4) is 0 Å². The van der Waals surface area contributed by atoms with Crippen LogP contribution in [0, 0.1) is 0 Å². The predicted octanol–water partition coefficient (Wildman–Crippen LogP) is 0.674. The van der Waals surface area contributed by atoms with E-state index in [0.717, 1.165) is 19.4 Å². The van der Waals surface area contributed by atoms with E-state index in [2.05, 4.69) is 5.32 Å². The third-order valence-corrected chi connectivity index (χ3v) is 4.44. The van der Waals surface area contributed by atoms with Gasteiger partial charge in [-0.15, -0.1) is 0 Å². The maximum absolute atomic E-state index is 11.8. The second kappa shape index (κ2) is 9.38. The molecule has 0 aliphatic rings. The number of unbranched alkanes of at least 4 members (excludes halogenated alkanes) is 1. The highest BCUT2D eigenvalue weighted by atomic mass is 32.2. The lowest BCUT2D eigenvalue weighted by atomic mass is 9.94. The molecule has 0 spiro atoms. The van der Waals surface area contributed by atoms with Crippen molar-refractivity contribution in [3.05, 3.63) is 0 Å². The van der Waals surface area contributed by atoms with Gasteiger partial charge >= 0.3 is 5.97 Å². The maximum atomic E-state index is 11.8. The summed E-state index contributed by atoms with van der Waals surface area (Å²) >= 11 is 0. The van der Waals surface area contributed by atoms with Crippen LogP contribution in [0.4, 0.5) is 0 Å². The van der Waals surface area contributed by atoms with Crippen molar-refractivity contribution in [2.45, 2.75) is 38.6 Å². The van der Waals surface area contributed by atoms with Crippen LogP contribution in [0.25, 0.3) is 0 Å². The van der Waals surface area contributed by atoms with Gasteiger partial charge in [0.2, 0.25) is 0 Å². The quantitative estimate of drug-likeness (QED) is 0.445. The van der Waals surface area contributed by atoms with Crippen LogP contribution in [0.15, 0.2) is 0 Å². The molecule has 0 aliphatic heterocycles. The minimum absolute atomic E-state index is 0.181. The number of esters is 1. The normalized spacial score (nSPS) is 15.0. The summed E-state index contributed by atoms with van der Waals surface area (Å²) in [6.45, 7) is 5.88. The van der Waals surface area contributed by atoms with Gasteiger partial charge < -0.3 is 15.0 Å². The molecule has 6 nitrogen and oxygen atoms in total. The second-order valence-electron chi connectivity index (χ2n) is 5.74. The van der Waals surface area contributed by atoms with E-state index in [0.29, 0.717) is 19.5 Å². The Balaban J connectivity index is 4.08. The molecule has 126 valence electrons. The number of carbonyl (C=O) groups excluding carboxylic acids is 1. The first-order valence-electron chi connectivity index (χ1n) is 7.34. The van der Waals surface area contributed by atoms with Gasteiger partial charge in [-0.05, 0) is 46.3 Å².